The fraction of sp³-hybridized carbons (Fsp3) is 0.344. The molecule has 0 saturated heterocycles. The minimum atomic E-state index is -0.820. The molecule has 0 spiro atoms. The van der Waals surface area contributed by atoms with Crippen LogP contribution in [0, 0.1) is 6.92 Å². The first-order chi connectivity index (χ1) is 18.4. The Morgan fingerprint density at radius 2 is 1.97 bits per heavy atom. The molecule has 2 amide bonds. The van der Waals surface area contributed by atoms with Gasteiger partial charge in [-0.1, -0.05) is 61.8 Å². The van der Waals surface area contributed by atoms with E-state index < -0.39 is 6.04 Å². The smallest absolute Gasteiger partial charge is 0.248 e. The van der Waals surface area contributed by atoms with Crippen molar-refractivity contribution in [3.8, 4) is 0 Å². The third-order valence-electron chi connectivity index (χ3n) is 7.13. The summed E-state index contributed by atoms with van der Waals surface area (Å²) in [6.45, 7) is 9.85. The maximum atomic E-state index is 14.3. The molecule has 4 rings (SSSR count). The number of hydrogen-bond donors (Lipinski definition) is 2. The van der Waals surface area contributed by atoms with Gasteiger partial charge in [0.05, 0.1) is 18.1 Å². The van der Waals surface area contributed by atoms with Crippen molar-refractivity contribution in [1.82, 2.24) is 20.2 Å². The van der Waals surface area contributed by atoms with Crippen molar-refractivity contribution in [1.29, 1.82) is 0 Å². The normalized spacial score (nSPS) is 15.5. The Balaban J connectivity index is 1.81. The molecule has 1 aromatic carbocycles. The van der Waals surface area contributed by atoms with Crippen LogP contribution in [0.2, 0.25) is 0 Å². The van der Waals surface area contributed by atoms with Crippen LogP contribution in [-0.4, -0.2) is 32.7 Å². The van der Waals surface area contributed by atoms with E-state index in [2.05, 4.69) is 21.9 Å². The van der Waals surface area contributed by atoms with Gasteiger partial charge in [0.1, 0.15) is 6.04 Å². The van der Waals surface area contributed by atoms with Crippen LogP contribution < -0.4 is 5.32 Å². The van der Waals surface area contributed by atoms with Crippen molar-refractivity contribution < 1.29 is 9.59 Å². The quantitative estimate of drug-likeness (QED) is 0.324. The summed E-state index contributed by atoms with van der Waals surface area (Å²) in [7, 11) is 0. The van der Waals surface area contributed by atoms with Crippen molar-refractivity contribution >= 4 is 22.7 Å². The Hall–Kier alpha value is -3.93. The van der Waals surface area contributed by atoms with Gasteiger partial charge in [-0.3, -0.25) is 19.5 Å². The predicted octanol–water partition coefficient (Wildman–Crippen LogP) is 6.47. The summed E-state index contributed by atoms with van der Waals surface area (Å²) in [4.78, 5) is 37.5. The average molecular weight is 511 g/mol. The monoisotopic (exact) mass is 510 g/mol. The third kappa shape index (κ3) is 6.31. The molecular weight excluding hydrogens is 472 g/mol. The highest BCUT2D eigenvalue weighted by molar-refractivity contribution is 5.93. The number of carbonyl (C=O) groups excluding carboxylic acids is 2. The van der Waals surface area contributed by atoms with Crippen LogP contribution in [0.3, 0.4) is 0 Å². The number of H-pyrrole nitrogens is 1. The number of fused-ring (bicyclic) bond motifs is 1. The summed E-state index contributed by atoms with van der Waals surface area (Å²) in [5.74, 6) is -0.319. The summed E-state index contributed by atoms with van der Waals surface area (Å²) in [6.07, 6.45) is 16.4. The van der Waals surface area contributed by atoms with Gasteiger partial charge < -0.3 is 10.3 Å². The molecule has 1 aliphatic carbocycles. The Labute approximate surface area is 225 Å². The lowest BCUT2D eigenvalue weighted by atomic mass is 9.93. The second-order valence-corrected chi connectivity index (χ2v) is 10.2. The van der Waals surface area contributed by atoms with Crippen LogP contribution in [0.1, 0.15) is 68.7 Å². The summed E-state index contributed by atoms with van der Waals surface area (Å²) in [6, 6.07) is 9.03. The Bertz CT molecular complexity index is 1360. The van der Waals surface area contributed by atoms with E-state index in [-0.39, 0.29) is 24.3 Å². The van der Waals surface area contributed by atoms with Crippen molar-refractivity contribution in [3.05, 3.63) is 102 Å². The molecule has 1 saturated carbocycles. The van der Waals surface area contributed by atoms with Gasteiger partial charge in [0.2, 0.25) is 11.8 Å². The third-order valence-corrected chi connectivity index (χ3v) is 7.13. The zero-order valence-corrected chi connectivity index (χ0v) is 22.7. The van der Waals surface area contributed by atoms with E-state index >= 15 is 0 Å². The highest BCUT2D eigenvalue weighted by Gasteiger charge is 2.35. The first-order valence-electron chi connectivity index (χ1n) is 13.5. The Morgan fingerprint density at radius 3 is 2.68 bits per heavy atom. The van der Waals surface area contributed by atoms with E-state index in [1.165, 1.54) is 6.42 Å². The Kier molecular flexibility index (Phi) is 8.95. The van der Waals surface area contributed by atoms with Gasteiger partial charge in [-0.15, -0.1) is 0 Å². The van der Waals surface area contributed by atoms with Crippen LogP contribution in [0.4, 0.5) is 0 Å². The Morgan fingerprint density at radius 1 is 1.21 bits per heavy atom. The summed E-state index contributed by atoms with van der Waals surface area (Å²) in [5.41, 5.74) is 4.95. The minimum Gasteiger partial charge on any atom is -0.360 e. The zero-order chi connectivity index (χ0) is 27.1. The standard InChI is InChI=1S/C32H38N4O2/c1-5-11-26(18-22(2)3)36(30(37)19-24-20-34-29-21-33-17-16-28(24)29)31(27-15-10-9-12-23(27)4)32(38)35-25-13-7-6-8-14-25/h5,9-12,15-18,20-21,25,31,34H,2,6-8,13-14,19H2,1,3-4H3,(H,35,38)/b11-5-,26-18+. The number of rotatable bonds is 9. The predicted molar refractivity (Wildman–Crippen MR) is 153 cm³/mol. The van der Waals surface area contributed by atoms with Crippen molar-refractivity contribution in [2.45, 2.75) is 71.4 Å². The van der Waals surface area contributed by atoms with Crippen LogP contribution >= 0.6 is 0 Å². The molecule has 0 aliphatic heterocycles. The molecule has 38 heavy (non-hydrogen) atoms. The highest BCUT2D eigenvalue weighted by atomic mass is 16.2. The average Bonchev–Trinajstić information content (AvgIpc) is 3.30. The number of nitrogens with zero attached hydrogens (tertiary/aromatic N) is 2. The lowest BCUT2D eigenvalue weighted by Gasteiger charge is -2.35. The van der Waals surface area contributed by atoms with Gasteiger partial charge in [-0.2, -0.15) is 0 Å². The number of aromatic nitrogens is 2. The van der Waals surface area contributed by atoms with Gasteiger partial charge in [0.25, 0.3) is 0 Å². The number of carbonyl (C=O) groups is 2. The number of aryl methyl sites for hydroxylation is 1. The van der Waals surface area contributed by atoms with Crippen LogP contribution in [-0.2, 0) is 16.0 Å². The van der Waals surface area contributed by atoms with E-state index in [4.69, 9.17) is 0 Å². The van der Waals surface area contributed by atoms with Gasteiger partial charge in [-0.25, -0.2) is 0 Å². The van der Waals surface area contributed by atoms with E-state index in [9.17, 15) is 9.59 Å². The molecule has 2 heterocycles. The number of allylic oxidation sites excluding steroid dienone is 4. The molecule has 6 nitrogen and oxygen atoms in total. The number of amides is 2. The first kappa shape index (κ1) is 27.1. The summed E-state index contributed by atoms with van der Waals surface area (Å²) < 4.78 is 0. The van der Waals surface area contributed by atoms with E-state index in [0.29, 0.717) is 5.70 Å². The SMILES string of the molecule is C=C(C)/C=C(\C=C/C)N(C(=O)Cc1c[nH]c2cnccc12)C(C(=O)NC1CCCCC1)c1ccccc1C. The first-order valence-corrected chi connectivity index (χ1v) is 13.5. The van der Waals surface area contributed by atoms with Gasteiger partial charge in [0.15, 0.2) is 0 Å². The number of aromatic amines is 1. The zero-order valence-electron chi connectivity index (χ0n) is 22.7. The molecule has 1 unspecified atom stereocenters. The topological polar surface area (TPSA) is 78.1 Å². The largest absolute Gasteiger partial charge is 0.360 e. The molecule has 1 fully saturated rings. The molecular formula is C32H38N4O2. The molecule has 6 heteroatoms. The molecule has 1 aliphatic rings. The maximum Gasteiger partial charge on any atom is 0.248 e. The van der Waals surface area contributed by atoms with Gasteiger partial charge >= 0.3 is 0 Å². The molecule has 0 radical (unpaired) electrons. The van der Waals surface area contributed by atoms with Crippen molar-refractivity contribution in [3.63, 3.8) is 0 Å². The second kappa shape index (κ2) is 12.5. The van der Waals surface area contributed by atoms with Crippen molar-refractivity contribution in [2.75, 3.05) is 0 Å². The fourth-order valence-electron chi connectivity index (χ4n) is 5.30. The van der Waals surface area contributed by atoms with Crippen LogP contribution in [0.25, 0.3) is 10.9 Å². The van der Waals surface area contributed by atoms with Crippen molar-refractivity contribution in [2.24, 2.45) is 0 Å². The molecule has 198 valence electrons. The number of pyridine rings is 1. The van der Waals surface area contributed by atoms with Crippen LogP contribution in [0.5, 0.6) is 0 Å². The molecule has 2 aromatic heterocycles. The minimum absolute atomic E-state index is 0.121. The van der Waals surface area contributed by atoms with E-state index in [1.807, 2.05) is 75.5 Å². The fourth-order valence-corrected chi connectivity index (χ4v) is 5.30. The molecule has 2 N–H and O–H groups in total. The highest BCUT2D eigenvalue weighted by Crippen LogP contribution is 2.31. The molecule has 3 aromatic rings. The van der Waals surface area contributed by atoms with E-state index in [0.717, 1.165) is 58.8 Å². The number of benzene rings is 1. The van der Waals surface area contributed by atoms with Gasteiger partial charge in [0, 0.05) is 29.5 Å². The number of hydrogen-bond acceptors (Lipinski definition) is 3. The summed E-state index contributed by atoms with van der Waals surface area (Å²) >= 11 is 0. The van der Waals surface area contributed by atoms with Crippen LogP contribution in [0.15, 0.2) is 85.0 Å². The maximum absolute atomic E-state index is 14.3. The van der Waals surface area contributed by atoms with Gasteiger partial charge in [-0.05, 0) is 68.5 Å². The molecule has 1 atom stereocenters. The summed E-state index contributed by atoms with van der Waals surface area (Å²) in [5, 5.41) is 4.25. The number of nitrogens with one attached hydrogen (secondary N) is 2. The molecule has 0 bridgehead atoms. The lowest BCUT2D eigenvalue weighted by molar-refractivity contribution is -0.138. The van der Waals surface area contributed by atoms with E-state index in [1.54, 1.807) is 17.3 Å². The second-order valence-electron chi connectivity index (χ2n) is 10.2. The lowest BCUT2D eigenvalue weighted by Crippen LogP contribution is -2.47.